The molecule has 0 bridgehead atoms. The highest BCUT2D eigenvalue weighted by Gasteiger charge is 2.06. The first-order chi connectivity index (χ1) is 7.70. The molecular formula is C11H9FIN3. The molecule has 0 saturated heterocycles. The standard InChI is InChI=1S/C11H9FIN3/c1-2-14-11-7-10(13)16(15-11)9-5-3-8(12)4-6-9/h2-7H,1H2,(H,14,15). The molecule has 0 saturated carbocycles. The van der Waals surface area contributed by atoms with Gasteiger partial charge in [0.1, 0.15) is 9.52 Å². The Balaban J connectivity index is 2.39. The second-order valence-corrected chi connectivity index (χ2v) is 4.19. The van der Waals surface area contributed by atoms with E-state index in [0.717, 1.165) is 9.39 Å². The molecule has 3 nitrogen and oxygen atoms in total. The summed E-state index contributed by atoms with van der Waals surface area (Å²) >= 11 is 2.17. The highest BCUT2D eigenvalue weighted by atomic mass is 127. The van der Waals surface area contributed by atoms with E-state index in [-0.39, 0.29) is 5.82 Å². The largest absolute Gasteiger partial charge is 0.346 e. The van der Waals surface area contributed by atoms with Gasteiger partial charge < -0.3 is 5.32 Å². The molecule has 0 radical (unpaired) electrons. The van der Waals surface area contributed by atoms with Crippen LogP contribution in [0.5, 0.6) is 0 Å². The van der Waals surface area contributed by atoms with Crippen LogP contribution in [-0.4, -0.2) is 9.78 Å². The Morgan fingerprint density at radius 3 is 2.69 bits per heavy atom. The van der Waals surface area contributed by atoms with Crippen LogP contribution in [0.25, 0.3) is 5.69 Å². The molecule has 0 aliphatic rings. The maximum Gasteiger partial charge on any atom is 0.153 e. The van der Waals surface area contributed by atoms with Gasteiger partial charge in [-0.05, 0) is 53.1 Å². The van der Waals surface area contributed by atoms with Gasteiger partial charge in [0.25, 0.3) is 0 Å². The van der Waals surface area contributed by atoms with Crippen LogP contribution in [-0.2, 0) is 0 Å². The topological polar surface area (TPSA) is 29.9 Å². The van der Waals surface area contributed by atoms with Crippen LogP contribution in [0.2, 0.25) is 0 Å². The second-order valence-electron chi connectivity index (χ2n) is 3.09. The van der Waals surface area contributed by atoms with Crippen LogP contribution in [0.4, 0.5) is 10.2 Å². The van der Waals surface area contributed by atoms with Crippen molar-refractivity contribution in [1.82, 2.24) is 9.78 Å². The van der Waals surface area contributed by atoms with Crippen molar-refractivity contribution in [1.29, 1.82) is 0 Å². The van der Waals surface area contributed by atoms with E-state index < -0.39 is 0 Å². The van der Waals surface area contributed by atoms with E-state index in [1.165, 1.54) is 12.1 Å². The number of nitrogens with zero attached hydrogens (tertiary/aromatic N) is 2. The summed E-state index contributed by atoms with van der Waals surface area (Å²) in [5, 5.41) is 7.21. The van der Waals surface area contributed by atoms with Gasteiger partial charge in [-0.15, -0.1) is 5.10 Å². The van der Waals surface area contributed by atoms with E-state index in [4.69, 9.17) is 0 Å². The molecule has 0 aliphatic carbocycles. The lowest BCUT2D eigenvalue weighted by atomic mass is 10.3. The maximum atomic E-state index is 12.8. The predicted octanol–water partition coefficient (Wildman–Crippen LogP) is 3.17. The molecule has 2 rings (SSSR count). The normalized spacial score (nSPS) is 10.1. The van der Waals surface area contributed by atoms with Gasteiger partial charge in [0.05, 0.1) is 5.69 Å². The summed E-state index contributed by atoms with van der Waals surface area (Å²) in [6.07, 6.45) is 1.56. The fourth-order valence-electron chi connectivity index (χ4n) is 1.30. The van der Waals surface area contributed by atoms with Crippen molar-refractivity contribution in [3.8, 4) is 5.69 Å². The minimum atomic E-state index is -0.254. The molecule has 0 aliphatic heterocycles. The van der Waals surface area contributed by atoms with Crippen LogP contribution < -0.4 is 5.32 Å². The van der Waals surface area contributed by atoms with E-state index in [1.807, 2.05) is 6.07 Å². The van der Waals surface area contributed by atoms with Gasteiger partial charge in [0, 0.05) is 6.07 Å². The Morgan fingerprint density at radius 1 is 1.38 bits per heavy atom. The highest BCUT2D eigenvalue weighted by Crippen LogP contribution is 2.17. The zero-order chi connectivity index (χ0) is 11.5. The van der Waals surface area contributed by atoms with Crippen molar-refractivity contribution >= 4 is 28.4 Å². The van der Waals surface area contributed by atoms with Gasteiger partial charge in [0.15, 0.2) is 5.82 Å². The van der Waals surface area contributed by atoms with Crippen LogP contribution in [0.3, 0.4) is 0 Å². The third kappa shape index (κ3) is 2.24. The first-order valence-electron chi connectivity index (χ1n) is 4.59. The van der Waals surface area contributed by atoms with Crippen molar-refractivity contribution in [3.63, 3.8) is 0 Å². The van der Waals surface area contributed by atoms with Gasteiger partial charge in [-0.1, -0.05) is 6.58 Å². The van der Waals surface area contributed by atoms with Gasteiger partial charge in [-0.3, -0.25) is 0 Å². The Kier molecular flexibility index (Phi) is 3.23. The molecule has 1 aromatic heterocycles. The Morgan fingerprint density at radius 2 is 2.06 bits per heavy atom. The summed E-state index contributed by atoms with van der Waals surface area (Å²) in [4.78, 5) is 0. The average molecular weight is 329 g/mol. The SMILES string of the molecule is C=CNc1cc(I)n(-c2ccc(F)cc2)n1. The number of nitrogens with one attached hydrogen (secondary N) is 1. The van der Waals surface area contributed by atoms with Crippen molar-refractivity contribution in [3.05, 3.63) is 52.6 Å². The van der Waals surface area contributed by atoms with Crippen LogP contribution in [0.1, 0.15) is 0 Å². The predicted molar refractivity (Wildman–Crippen MR) is 70.1 cm³/mol. The zero-order valence-corrected chi connectivity index (χ0v) is 10.5. The number of benzene rings is 1. The van der Waals surface area contributed by atoms with E-state index in [1.54, 1.807) is 23.0 Å². The number of hydrogen-bond acceptors (Lipinski definition) is 2. The highest BCUT2D eigenvalue weighted by molar-refractivity contribution is 14.1. The molecule has 0 unspecified atom stereocenters. The molecule has 1 aromatic carbocycles. The van der Waals surface area contributed by atoms with E-state index in [2.05, 4.69) is 39.6 Å². The van der Waals surface area contributed by atoms with Crippen molar-refractivity contribution < 1.29 is 4.39 Å². The molecule has 0 fully saturated rings. The lowest BCUT2D eigenvalue weighted by Crippen LogP contribution is -1.99. The van der Waals surface area contributed by atoms with Crippen LogP contribution in [0.15, 0.2) is 43.1 Å². The van der Waals surface area contributed by atoms with Gasteiger partial charge in [-0.25, -0.2) is 9.07 Å². The molecule has 1 N–H and O–H groups in total. The van der Waals surface area contributed by atoms with E-state index in [9.17, 15) is 4.39 Å². The smallest absolute Gasteiger partial charge is 0.153 e. The van der Waals surface area contributed by atoms with Crippen LogP contribution >= 0.6 is 22.6 Å². The van der Waals surface area contributed by atoms with Gasteiger partial charge in [0.2, 0.25) is 0 Å². The van der Waals surface area contributed by atoms with E-state index in [0.29, 0.717) is 5.82 Å². The molecule has 0 amide bonds. The number of halogens is 2. The van der Waals surface area contributed by atoms with Crippen molar-refractivity contribution in [2.45, 2.75) is 0 Å². The summed E-state index contributed by atoms with van der Waals surface area (Å²) in [5.41, 5.74) is 0.822. The van der Waals surface area contributed by atoms with E-state index >= 15 is 0 Å². The molecule has 5 heteroatoms. The average Bonchev–Trinajstić information content (AvgIpc) is 2.61. The second kappa shape index (κ2) is 4.65. The summed E-state index contributed by atoms with van der Waals surface area (Å²) in [6, 6.07) is 8.07. The Labute approximate surface area is 106 Å². The first kappa shape index (κ1) is 11.1. The van der Waals surface area contributed by atoms with Crippen molar-refractivity contribution in [2.24, 2.45) is 0 Å². The molecule has 0 atom stereocenters. The fraction of sp³-hybridized carbons (Fsp3) is 0. The third-order valence-corrected chi connectivity index (χ3v) is 2.76. The van der Waals surface area contributed by atoms with Crippen molar-refractivity contribution in [2.75, 3.05) is 5.32 Å². The zero-order valence-electron chi connectivity index (χ0n) is 8.32. The number of rotatable bonds is 3. The molecule has 0 spiro atoms. The van der Waals surface area contributed by atoms with Gasteiger partial charge >= 0.3 is 0 Å². The third-order valence-electron chi connectivity index (χ3n) is 1.99. The quantitative estimate of drug-likeness (QED) is 0.877. The number of hydrogen-bond donors (Lipinski definition) is 1. The Bertz CT molecular complexity index is 504. The monoisotopic (exact) mass is 329 g/mol. The fourth-order valence-corrected chi connectivity index (χ4v) is 1.98. The maximum absolute atomic E-state index is 12.8. The van der Waals surface area contributed by atoms with Crippen LogP contribution in [0, 0.1) is 9.52 Å². The minimum Gasteiger partial charge on any atom is -0.346 e. The lowest BCUT2D eigenvalue weighted by molar-refractivity contribution is 0.627. The summed E-state index contributed by atoms with van der Waals surface area (Å²) in [7, 11) is 0. The lowest BCUT2D eigenvalue weighted by Gasteiger charge is -2.02. The minimum absolute atomic E-state index is 0.254. The summed E-state index contributed by atoms with van der Waals surface area (Å²) in [6.45, 7) is 3.57. The molecule has 82 valence electrons. The summed E-state index contributed by atoms with van der Waals surface area (Å²) < 4.78 is 15.4. The first-order valence-corrected chi connectivity index (χ1v) is 5.67. The molecule has 1 heterocycles. The Hall–Kier alpha value is -1.37. The molecule has 16 heavy (non-hydrogen) atoms. The summed E-state index contributed by atoms with van der Waals surface area (Å²) in [5.74, 6) is 0.457. The molecular weight excluding hydrogens is 320 g/mol. The number of aromatic nitrogens is 2. The van der Waals surface area contributed by atoms with Gasteiger partial charge in [-0.2, -0.15) is 0 Å². The number of anilines is 1. The molecule has 2 aromatic rings.